The molecule has 0 aromatic carbocycles. The molecule has 0 saturated heterocycles. The minimum atomic E-state index is -5.40. The monoisotopic (exact) mass is 176 g/mol. The zero-order valence-electron chi connectivity index (χ0n) is 6.01. The maximum atomic E-state index is 11.1. The zero-order valence-corrected chi connectivity index (χ0v) is 6.01. The van der Waals surface area contributed by atoms with Crippen LogP contribution in [-0.4, -0.2) is 12.1 Å². The van der Waals surface area contributed by atoms with Gasteiger partial charge < -0.3 is 0 Å². The second-order valence-corrected chi connectivity index (χ2v) is 2.45. The Hall–Kier alpha value is -0.350. The Labute approximate surface area is 61.4 Å². The number of hydrogen-bond donors (Lipinski definition) is 0. The van der Waals surface area contributed by atoms with Gasteiger partial charge in [-0.25, -0.2) is 0 Å². The van der Waals surface area contributed by atoms with Crippen LogP contribution in [0.25, 0.3) is 0 Å². The Balaban J connectivity index is 0.000000271. The van der Waals surface area contributed by atoms with Gasteiger partial charge in [0.1, 0.15) is 0 Å². The fraction of sp³-hybridized carbons (Fsp3) is 1.00. The lowest BCUT2D eigenvalue weighted by molar-refractivity contribution is -0.273. The Bertz CT molecular complexity index is 92.4. The minimum Gasteiger partial charge on any atom is -0.197 e. The number of rotatable bonds is 0. The second kappa shape index (κ2) is 3.36. The van der Waals surface area contributed by atoms with E-state index < -0.39 is 12.1 Å². The highest BCUT2D eigenvalue weighted by Crippen LogP contribution is 2.34. The Kier molecular flexibility index (Phi) is 3.26. The predicted molar refractivity (Wildman–Crippen MR) is 30.5 cm³/mol. The molecule has 1 saturated carbocycles. The molecule has 0 N–H and O–H groups in total. The zero-order chi connectivity index (χ0) is 9.12. The van der Waals surface area contributed by atoms with Crippen LogP contribution in [0.1, 0.15) is 26.2 Å². The molecule has 0 spiro atoms. The van der Waals surface area contributed by atoms with Gasteiger partial charge in [-0.3, -0.25) is 0 Å². The van der Waals surface area contributed by atoms with Crippen molar-refractivity contribution < 1.29 is 22.0 Å². The average molecular weight is 176 g/mol. The lowest BCUT2D eigenvalue weighted by Crippen LogP contribution is -2.32. The van der Waals surface area contributed by atoms with Crippen LogP contribution in [0.15, 0.2) is 0 Å². The molecule has 1 fully saturated rings. The van der Waals surface area contributed by atoms with Crippen molar-refractivity contribution in [2.75, 3.05) is 0 Å². The Morgan fingerprint density at radius 2 is 1.00 bits per heavy atom. The Morgan fingerprint density at radius 1 is 0.818 bits per heavy atom. The molecule has 0 unspecified atom stereocenters. The first kappa shape index (κ1) is 10.7. The summed E-state index contributed by atoms with van der Waals surface area (Å²) in [5.74, 6) is -4.56. The van der Waals surface area contributed by atoms with Gasteiger partial charge in [-0.05, 0) is 0 Å². The molecule has 0 aromatic heterocycles. The second-order valence-electron chi connectivity index (χ2n) is 2.45. The van der Waals surface area contributed by atoms with Crippen molar-refractivity contribution >= 4 is 0 Å². The molecule has 5 heteroatoms. The van der Waals surface area contributed by atoms with Crippen LogP contribution >= 0.6 is 0 Å². The molecule has 1 aliphatic carbocycles. The van der Waals surface area contributed by atoms with Crippen LogP contribution in [-0.2, 0) is 0 Å². The van der Waals surface area contributed by atoms with Crippen molar-refractivity contribution in [1.82, 2.24) is 0 Å². The molecule has 1 aliphatic rings. The third-order valence-corrected chi connectivity index (χ3v) is 0.851. The number of alkyl halides is 5. The highest BCUT2D eigenvalue weighted by atomic mass is 19.4. The molecule has 68 valence electrons. The topological polar surface area (TPSA) is 0 Å². The van der Waals surface area contributed by atoms with E-state index in [1.54, 1.807) is 0 Å². The molecule has 0 atom stereocenters. The van der Waals surface area contributed by atoms with E-state index in [0.29, 0.717) is 0 Å². The highest BCUT2D eigenvalue weighted by molar-refractivity contribution is 4.67. The fourth-order valence-corrected chi connectivity index (χ4v) is 0. The van der Waals surface area contributed by atoms with Gasteiger partial charge in [0.25, 0.3) is 0 Å². The standard InChI is InChI=1S/C3H3F5.C3H6/c1-2(4,5)3(6,7)8;1-2-3-1/h1H3;1-3H2. The lowest BCUT2D eigenvalue weighted by Gasteiger charge is -2.12. The van der Waals surface area contributed by atoms with Gasteiger partial charge in [-0.1, -0.05) is 19.3 Å². The van der Waals surface area contributed by atoms with E-state index in [9.17, 15) is 22.0 Å². The summed E-state index contributed by atoms with van der Waals surface area (Å²) in [6.45, 7) is -0.188. The van der Waals surface area contributed by atoms with Gasteiger partial charge in [-0.2, -0.15) is 22.0 Å². The van der Waals surface area contributed by atoms with Gasteiger partial charge in [0.2, 0.25) is 0 Å². The molecule has 0 bridgehead atoms. The molecule has 0 heterocycles. The van der Waals surface area contributed by atoms with Crippen molar-refractivity contribution in [3.05, 3.63) is 0 Å². The fourth-order valence-electron chi connectivity index (χ4n) is 0. The molecule has 0 amide bonds. The maximum absolute atomic E-state index is 11.1. The van der Waals surface area contributed by atoms with Crippen LogP contribution < -0.4 is 0 Å². The van der Waals surface area contributed by atoms with Crippen LogP contribution in [0.3, 0.4) is 0 Å². The summed E-state index contributed by atoms with van der Waals surface area (Å²) >= 11 is 0. The van der Waals surface area contributed by atoms with Crippen molar-refractivity contribution in [1.29, 1.82) is 0 Å². The summed E-state index contributed by atoms with van der Waals surface area (Å²) in [4.78, 5) is 0. The predicted octanol–water partition coefficient (Wildman–Crippen LogP) is 3.37. The summed E-state index contributed by atoms with van der Waals surface area (Å²) in [7, 11) is 0. The first-order valence-electron chi connectivity index (χ1n) is 3.19. The summed E-state index contributed by atoms with van der Waals surface area (Å²) < 4.78 is 54.6. The first-order valence-corrected chi connectivity index (χ1v) is 3.19. The smallest absolute Gasteiger partial charge is 0.197 e. The summed E-state index contributed by atoms with van der Waals surface area (Å²) in [5, 5.41) is 0. The lowest BCUT2D eigenvalue weighted by atomic mass is 10.4. The third-order valence-electron chi connectivity index (χ3n) is 0.851. The van der Waals surface area contributed by atoms with E-state index in [0.717, 1.165) is 0 Å². The molecule has 11 heavy (non-hydrogen) atoms. The highest BCUT2D eigenvalue weighted by Gasteiger charge is 2.52. The molecule has 0 aromatic rings. The van der Waals surface area contributed by atoms with Crippen LogP contribution in [0, 0.1) is 0 Å². The SMILES string of the molecule is C1CC1.CC(F)(F)C(F)(F)F. The molecule has 0 nitrogen and oxygen atoms in total. The normalized spacial score (nSPS) is 16.9. The van der Waals surface area contributed by atoms with Crippen LogP contribution in [0.4, 0.5) is 22.0 Å². The largest absolute Gasteiger partial charge is 0.452 e. The molecule has 1 rings (SSSR count). The van der Waals surface area contributed by atoms with E-state index in [2.05, 4.69) is 0 Å². The van der Waals surface area contributed by atoms with Crippen molar-refractivity contribution in [3.8, 4) is 0 Å². The van der Waals surface area contributed by atoms with E-state index in [4.69, 9.17) is 0 Å². The van der Waals surface area contributed by atoms with Gasteiger partial charge in [0.05, 0.1) is 0 Å². The summed E-state index contributed by atoms with van der Waals surface area (Å²) in [6.07, 6.45) is -0.896. The number of halogens is 5. The third kappa shape index (κ3) is 6.06. The van der Waals surface area contributed by atoms with Crippen LogP contribution in [0.5, 0.6) is 0 Å². The molecule has 0 aliphatic heterocycles. The van der Waals surface area contributed by atoms with Crippen molar-refractivity contribution in [2.24, 2.45) is 0 Å². The van der Waals surface area contributed by atoms with E-state index in [-0.39, 0.29) is 6.92 Å². The van der Waals surface area contributed by atoms with Gasteiger partial charge in [0, 0.05) is 6.92 Å². The maximum Gasteiger partial charge on any atom is 0.452 e. The first-order chi connectivity index (χ1) is 4.75. The van der Waals surface area contributed by atoms with Crippen molar-refractivity contribution in [3.63, 3.8) is 0 Å². The summed E-state index contributed by atoms with van der Waals surface area (Å²) in [6, 6.07) is 0. The molecular formula is C6H9F5. The molecular weight excluding hydrogens is 167 g/mol. The number of hydrogen-bond acceptors (Lipinski definition) is 0. The van der Waals surface area contributed by atoms with Gasteiger partial charge >= 0.3 is 12.1 Å². The summed E-state index contributed by atoms with van der Waals surface area (Å²) in [5.41, 5.74) is 0. The average Bonchev–Trinajstić information content (AvgIpc) is 2.37. The van der Waals surface area contributed by atoms with Crippen molar-refractivity contribution in [2.45, 2.75) is 38.3 Å². The van der Waals surface area contributed by atoms with Gasteiger partial charge in [-0.15, -0.1) is 0 Å². The Morgan fingerprint density at radius 3 is 1.00 bits per heavy atom. The van der Waals surface area contributed by atoms with Crippen LogP contribution in [0.2, 0.25) is 0 Å². The molecule has 0 radical (unpaired) electrons. The van der Waals surface area contributed by atoms with E-state index in [1.807, 2.05) is 0 Å². The van der Waals surface area contributed by atoms with Gasteiger partial charge in [0.15, 0.2) is 0 Å². The van der Waals surface area contributed by atoms with E-state index in [1.165, 1.54) is 19.3 Å². The minimum absolute atomic E-state index is 0.188. The van der Waals surface area contributed by atoms with E-state index >= 15 is 0 Å². The quantitative estimate of drug-likeness (QED) is 0.496.